The maximum Gasteiger partial charge on any atom is 0.338 e. The molecule has 1 amide bonds. The molecule has 3 aromatic carbocycles. The minimum absolute atomic E-state index is 0.0545. The summed E-state index contributed by atoms with van der Waals surface area (Å²) < 4.78 is 30.0. The second kappa shape index (κ2) is 14.2. The molecule has 5 rings (SSSR count). The number of aliphatic imine (C=N–C) groups is 1. The van der Waals surface area contributed by atoms with Gasteiger partial charge in [-0.15, -0.1) is 0 Å². The Kier molecular flexibility index (Phi) is 9.91. The number of benzene rings is 3. The minimum atomic E-state index is -0.603. The zero-order valence-electron chi connectivity index (χ0n) is 23.9. The van der Waals surface area contributed by atoms with E-state index < -0.39 is 12.0 Å². The largest absolute Gasteiger partial charge is 0.489 e. The molecule has 2 aliphatic rings. The van der Waals surface area contributed by atoms with E-state index in [-0.39, 0.29) is 37.9 Å². The van der Waals surface area contributed by atoms with E-state index in [2.05, 4.69) is 5.32 Å². The molecule has 1 N–H and O–H groups in total. The van der Waals surface area contributed by atoms with Gasteiger partial charge in [0.05, 0.1) is 30.3 Å². The van der Waals surface area contributed by atoms with Crippen molar-refractivity contribution in [2.45, 2.75) is 32.5 Å². The van der Waals surface area contributed by atoms with Gasteiger partial charge in [0.25, 0.3) is 0 Å². The number of amides is 1. The van der Waals surface area contributed by atoms with Gasteiger partial charge in [0.15, 0.2) is 5.17 Å². The van der Waals surface area contributed by atoms with Crippen LogP contribution in [0.1, 0.15) is 36.1 Å². The third kappa shape index (κ3) is 7.52. The number of hydrogen-bond acceptors (Lipinski definition) is 8. The predicted molar refractivity (Wildman–Crippen MR) is 163 cm³/mol. The number of esters is 1. The Morgan fingerprint density at radius 3 is 2.56 bits per heavy atom. The molecule has 0 saturated heterocycles. The van der Waals surface area contributed by atoms with E-state index in [1.165, 1.54) is 23.9 Å². The summed E-state index contributed by atoms with van der Waals surface area (Å²) in [5.41, 5.74) is 4.21. The number of nitrogens with zero attached hydrogens (tertiary/aromatic N) is 2. The maximum atomic E-state index is 13.5. The molecule has 10 heteroatoms. The molecule has 0 spiro atoms. The first-order valence-electron chi connectivity index (χ1n) is 13.8. The van der Waals surface area contributed by atoms with Gasteiger partial charge in [-0.2, -0.15) is 0 Å². The average Bonchev–Trinajstić information content (AvgIpc) is 3.41. The van der Waals surface area contributed by atoms with Crippen LogP contribution in [0.25, 0.3) is 0 Å². The molecule has 43 heavy (non-hydrogen) atoms. The fourth-order valence-corrected chi connectivity index (χ4v) is 5.75. The first-order valence-corrected chi connectivity index (χ1v) is 14.7. The van der Waals surface area contributed by atoms with Gasteiger partial charge in [0.2, 0.25) is 5.91 Å². The number of thioether (sulfide) groups is 1. The van der Waals surface area contributed by atoms with Crippen molar-refractivity contribution in [1.29, 1.82) is 0 Å². The van der Waals surface area contributed by atoms with E-state index in [0.29, 0.717) is 34.5 Å². The van der Waals surface area contributed by atoms with E-state index in [4.69, 9.17) is 19.2 Å². The summed E-state index contributed by atoms with van der Waals surface area (Å²) in [7, 11) is 1.54. The number of fused-ring (bicyclic) bond motifs is 1. The maximum absolute atomic E-state index is 13.5. The lowest BCUT2D eigenvalue weighted by molar-refractivity contribution is -0.141. The zero-order chi connectivity index (χ0) is 30.2. The summed E-state index contributed by atoms with van der Waals surface area (Å²) >= 11 is 1.40. The van der Waals surface area contributed by atoms with E-state index >= 15 is 0 Å². The molecule has 0 radical (unpaired) electrons. The molecule has 8 nitrogen and oxygen atoms in total. The molecule has 3 aromatic rings. The van der Waals surface area contributed by atoms with Crippen LogP contribution in [0, 0.1) is 5.82 Å². The Morgan fingerprint density at radius 2 is 1.79 bits per heavy atom. The van der Waals surface area contributed by atoms with Crippen molar-refractivity contribution < 1.29 is 28.2 Å². The summed E-state index contributed by atoms with van der Waals surface area (Å²) in [4.78, 5) is 33.1. The highest BCUT2D eigenvalue weighted by Crippen LogP contribution is 2.45. The van der Waals surface area contributed by atoms with E-state index in [0.717, 1.165) is 16.7 Å². The number of allylic oxidation sites excluding steroid dienone is 1. The van der Waals surface area contributed by atoms with Crippen LogP contribution in [0.15, 0.2) is 106 Å². The predicted octanol–water partition coefficient (Wildman–Crippen LogP) is 5.88. The highest BCUT2D eigenvalue weighted by Gasteiger charge is 2.41. The van der Waals surface area contributed by atoms with Crippen LogP contribution < -0.4 is 10.1 Å². The summed E-state index contributed by atoms with van der Waals surface area (Å²) in [6.45, 7) is 2.80. The van der Waals surface area contributed by atoms with Crippen LogP contribution >= 0.6 is 11.8 Å². The topological polar surface area (TPSA) is 89.5 Å². The quantitative estimate of drug-likeness (QED) is 0.205. The van der Waals surface area contributed by atoms with E-state index in [1.807, 2.05) is 64.9 Å². The molecule has 0 saturated carbocycles. The number of methoxy groups -OCH3 is 1. The number of carbonyl (C=O) groups excluding carboxylic acids is 2. The summed E-state index contributed by atoms with van der Waals surface area (Å²) in [6, 6.07) is 22.8. The Labute approximate surface area is 254 Å². The van der Waals surface area contributed by atoms with Gasteiger partial charge >= 0.3 is 5.97 Å². The van der Waals surface area contributed by atoms with Crippen molar-refractivity contribution in [3.63, 3.8) is 0 Å². The number of hydrogen-bond donors (Lipinski definition) is 1. The van der Waals surface area contributed by atoms with Gasteiger partial charge in [-0.1, -0.05) is 66.4 Å². The number of amidine groups is 1. The molecule has 1 atom stereocenters. The van der Waals surface area contributed by atoms with Gasteiger partial charge in [-0.05, 0) is 53.3 Å². The number of nitrogens with one attached hydrogen (secondary N) is 1. The van der Waals surface area contributed by atoms with Gasteiger partial charge in [-0.3, -0.25) is 4.79 Å². The van der Waals surface area contributed by atoms with Gasteiger partial charge in [0.1, 0.15) is 24.8 Å². The van der Waals surface area contributed by atoms with Crippen molar-refractivity contribution in [3.05, 3.63) is 124 Å². The third-order valence-electron chi connectivity index (χ3n) is 6.91. The van der Waals surface area contributed by atoms with Crippen molar-refractivity contribution in [1.82, 2.24) is 10.2 Å². The first kappa shape index (κ1) is 30.1. The second-order valence-electron chi connectivity index (χ2n) is 9.95. The van der Waals surface area contributed by atoms with Crippen LogP contribution in [0.3, 0.4) is 0 Å². The smallest absolute Gasteiger partial charge is 0.338 e. The minimum Gasteiger partial charge on any atom is -0.489 e. The third-order valence-corrected chi connectivity index (χ3v) is 7.80. The Morgan fingerprint density at radius 1 is 1.00 bits per heavy atom. The fourth-order valence-electron chi connectivity index (χ4n) is 4.79. The number of halogens is 1. The SMILES string of the molecule is COCCOC(=O)C1=C(C)N=C2SC=C(CC(=O)NCc3ccc(F)cc3)N2C1c1cccc(OCc2ccccc2)c1. The van der Waals surface area contributed by atoms with E-state index in [1.54, 1.807) is 26.2 Å². The molecule has 1 unspecified atom stereocenters. The lowest BCUT2D eigenvalue weighted by atomic mass is 9.93. The number of ether oxygens (including phenoxy) is 3. The Bertz CT molecular complexity index is 1560. The van der Waals surface area contributed by atoms with Gasteiger partial charge in [0, 0.05) is 19.4 Å². The second-order valence-corrected chi connectivity index (χ2v) is 10.8. The van der Waals surface area contributed by atoms with Crippen LogP contribution in [0.5, 0.6) is 5.75 Å². The number of carbonyl (C=O) groups is 2. The van der Waals surface area contributed by atoms with Crippen LogP contribution in [0.4, 0.5) is 4.39 Å². The van der Waals surface area contributed by atoms with Crippen LogP contribution in [-0.4, -0.2) is 42.3 Å². The molecule has 2 heterocycles. The highest BCUT2D eigenvalue weighted by molar-refractivity contribution is 8.16. The molecule has 0 fully saturated rings. The van der Waals surface area contributed by atoms with Crippen molar-refractivity contribution >= 4 is 28.8 Å². The molecular formula is C33H32FN3O5S. The summed E-state index contributed by atoms with van der Waals surface area (Å²) in [5, 5.41) is 5.44. The van der Waals surface area contributed by atoms with Crippen LogP contribution in [0.2, 0.25) is 0 Å². The standard InChI is InChI=1S/C33H32FN3O5S/c1-22-30(32(39)41-16-15-40-2)31(25-9-6-10-28(17-25)42-20-24-7-4-3-5-8-24)37-27(21-43-33(37)36-22)18-29(38)35-19-23-11-13-26(34)14-12-23/h3-14,17,21,31H,15-16,18-20H2,1-2H3,(H,35,38). The number of rotatable bonds is 12. The summed E-state index contributed by atoms with van der Waals surface area (Å²) in [6.07, 6.45) is 0.0545. The lowest BCUT2D eigenvalue weighted by Gasteiger charge is -2.36. The molecule has 0 aliphatic carbocycles. The molecule has 0 bridgehead atoms. The fraction of sp³-hybridized carbons (Fsp3) is 0.242. The van der Waals surface area contributed by atoms with E-state index in [9.17, 15) is 14.0 Å². The van der Waals surface area contributed by atoms with Crippen molar-refractivity contribution in [3.8, 4) is 5.75 Å². The zero-order valence-corrected chi connectivity index (χ0v) is 24.7. The van der Waals surface area contributed by atoms with Crippen molar-refractivity contribution in [2.24, 2.45) is 4.99 Å². The first-order chi connectivity index (χ1) is 20.9. The van der Waals surface area contributed by atoms with Crippen LogP contribution in [-0.2, 0) is 32.2 Å². The molecular weight excluding hydrogens is 569 g/mol. The molecule has 222 valence electrons. The lowest BCUT2D eigenvalue weighted by Crippen LogP contribution is -2.38. The van der Waals surface area contributed by atoms with Gasteiger partial charge < -0.3 is 24.4 Å². The van der Waals surface area contributed by atoms with Gasteiger partial charge in [-0.25, -0.2) is 14.2 Å². The summed E-state index contributed by atoms with van der Waals surface area (Å²) in [5.74, 6) is -0.410. The molecule has 0 aromatic heterocycles. The highest BCUT2D eigenvalue weighted by atomic mass is 32.2. The molecule has 2 aliphatic heterocycles. The normalized spacial score (nSPS) is 15.9. The Balaban J connectivity index is 1.40. The average molecular weight is 602 g/mol. The van der Waals surface area contributed by atoms with Crippen molar-refractivity contribution in [2.75, 3.05) is 20.3 Å². The Hall–Kier alpha value is -4.41. The monoisotopic (exact) mass is 601 g/mol.